The number of pyridine rings is 1. The number of hydrogen-bond donors (Lipinski definition) is 1. The zero-order valence-electron chi connectivity index (χ0n) is 19.6. The first-order valence-electron chi connectivity index (χ1n) is 10.9. The van der Waals surface area contributed by atoms with E-state index in [9.17, 15) is 13.2 Å². The second kappa shape index (κ2) is 9.64. The molecule has 0 radical (unpaired) electrons. The maximum absolute atomic E-state index is 13.0. The third kappa shape index (κ3) is 4.64. The summed E-state index contributed by atoms with van der Waals surface area (Å²) in [7, 11) is -0.863. The van der Waals surface area contributed by atoms with Gasteiger partial charge in [0.05, 0.1) is 35.3 Å². The molecule has 0 saturated carbocycles. The van der Waals surface area contributed by atoms with E-state index in [1.165, 1.54) is 42.2 Å². The van der Waals surface area contributed by atoms with E-state index < -0.39 is 10.0 Å². The quantitative estimate of drug-likeness (QED) is 0.306. The summed E-state index contributed by atoms with van der Waals surface area (Å²) in [6.07, 6.45) is 1.26. The van der Waals surface area contributed by atoms with Crippen molar-refractivity contribution >= 4 is 38.3 Å². The topological polar surface area (TPSA) is 113 Å². The van der Waals surface area contributed by atoms with Crippen LogP contribution < -0.4 is 19.8 Å². The molecule has 0 amide bonds. The first-order chi connectivity index (χ1) is 17.8. The van der Waals surface area contributed by atoms with Crippen LogP contribution in [0.4, 0.5) is 5.82 Å². The van der Waals surface area contributed by atoms with Crippen molar-refractivity contribution in [1.82, 2.24) is 9.72 Å². The number of ether oxygens (including phenoxy) is 2. The van der Waals surface area contributed by atoms with Gasteiger partial charge in [0.1, 0.15) is 17.8 Å². The number of nitrogens with zero attached hydrogens (tertiary/aromatic N) is 2. The number of fused-ring (bicyclic) bond motifs is 1. The van der Waals surface area contributed by atoms with Crippen LogP contribution in [0, 0.1) is 0 Å². The van der Waals surface area contributed by atoms with Crippen LogP contribution in [0.5, 0.6) is 11.5 Å². The van der Waals surface area contributed by atoms with E-state index in [0.29, 0.717) is 33.1 Å². The number of methoxy groups -OCH3 is 2. The summed E-state index contributed by atoms with van der Waals surface area (Å²) >= 11 is 6.29. The molecule has 11 heteroatoms. The highest BCUT2D eigenvalue weighted by Gasteiger charge is 2.18. The zero-order valence-corrected chi connectivity index (χ0v) is 21.2. The van der Waals surface area contributed by atoms with Crippen molar-refractivity contribution in [3.8, 4) is 28.3 Å². The molecule has 0 aliphatic carbocycles. The van der Waals surface area contributed by atoms with Crippen molar-refractivity contribution in [3.63, 3.8) is 0 Å². The van der Waals surface area contributed by atoms with Crippen molar-refractivity contribution in [2.45, 2.75) is 4.90 Å². The minimum atomic E-state index is -3.92. The van der Waals surface area contributed by atoms with Crippen molar-refractivity contribution in [2.24, 2.45) is 0 Å². The number of halogens is 1. The average Bonchev–Trinajstić information content (AvgIpc) is 3.40. The van der Waals surface area contributed by atoms with Crippen LogP contribution in [0.3, 0.4) is 0 Å². The predicted octanol–water partition coefficient (Wildman–Crippen LogP) is 5.12. The fraction of sp³-hybridized carbons (Fsp3) is 0.0769. The SMILES string of the molecule is COc1ccc(-c2ccc(-n3c(=O)ccc4cc(S(=O)(=O)Nc5ccon5)ccc43)c(OC)c2)cc1Cl. The van der Waals surface area contributed by atoms with Gasteiger partial charge in [-0.15, -0.1) is 0 Å². The molecule has 0 aliphatic rings. The first kappa shape index (κ1) is 24.4. The second-order valence-electron chi connectivity index (χ2n) is 7.95. The Bertz CT molecular complexity index is 1780. The number of anilines is 1. The highest BCUT2D eigenvalue weighted by Crippen LogP contribution is 2.34. The Labute approximate surface area is 216 Å². The molecule has 0 fully saturated rings. The van der Waals surface area contributed by atoms with Gasteiger partial charge in [0, 0.05) is 17.5 Å². The molecule has 9 nitrogen and oxygen atoms in total. The zero-order chi connectivity index (χ0) is 26.2. The molecular formula is C26H20ClN3O6S. The van der Waals surface area contributed by atoms with Crippen LogP contribution in [0.1, 0.15) is 0 Å². The molecule has 5 rings (SSSR count). The lowest BCUT2D eigenvalue weighted by atomic mass is 10.0. The van der Waals surface area contributed by atoms with Crippen molar-refractivity contribution in [3.05, 3.63) is 94.4 Å². The van der Waals surface area contributed by atoms with Crippen LogP contribution in [0.2, 0.25) is 5.02 Å². The van der Waals surface area contributed by atoms with Gasteiger partial charge in [-0.05, 0) is 59.7 Å². The molecule has 3 aromatic carbocycles. The molecule has 37 heavy (non-hydrogen) atoms. The van der Waals surface area contributed by atoms with Gasteiger partial charge in [0.2, 0.25) is 0 Å². The molecule has 188 valence electrons. The molecule has 0 saturated heterocycles. The van der Waals surface area contributed by atoms with Gasteiger partial charge in [-0.1, -0.05) is 28.9 Å². The van der Waals surface area contributed by atoms with Crippen LogP contribution in [-0.4, -0.2) is 32.4 Å². The Morgan fingerprint density at radius 3 is 2.35 bits per heavy atom. The van der Waals surface area contributed by atoms with Crippen LogP contribution >= 0.6 is 11.6 Å². The summed E-state index contributed by atoms with van der Waals surface area (Å²) < 4.78 is 45.0. The molecule has 0 unspecified atom stereocenters. The lowest BCUT2D eigenvalue weighted by molar-refractivity contribution is 0.413. The molecule has 2 aromatic heterocycles. The van der Waals surface area contributed by atoms with Crippen molar-refractivity contribution < 1.29 is 22.4 Å². The minimum Gasteiger partial charge on any atom is -0.495 e. The van der Waals surface area contributed by atoms with Crippen LogP contribution in [-0.2, 0) is 10.0 Å². The number of benzene rings is 3. The van der Waals surface area contributed by atoms with Crippen molar-refractivity contribution in [2.75, 3.05) is 18.9 Å². The van der Waals surface area contributed by atoms with Gasteiger partial charge in [-0.3, -0.25) is 14.1 Å². The summed E-state index contributed by atoms with van der Waals surface area (Å²) in [4.78, 5) is 13.0. The smallest absolute Gasteiger partial charge is 0.263 e. The normalized spacial score (nSPS) is 11.4. The molecule has 0 spiro atoms. The van der Waals surface area contributed by atoms with Crippen LogP contribution in [0.15, 0.2) is 93.3 Å². The fourth-order valence-corrected chi connectivity index (χ4v) is 5.27. The minimum absolute atomic E-state index is 0.00639. The lowest BCUT2D eigenvalue weighted by Crippen LogP contribution is -2.18. The van der Waals surface area contributed by atoms with Crippen LogP contribution in [0.25, 0.3) is 27.7 Å². The maximum Gasteiger partial charge on any atom is 0.263 e. The van der Waals surface area contributed by atoms with Gasteiger partial charge >= 0.3 is 0 Å². The second-order valence-corrected chi connectivity index (χ2v) is 10.0. The first-order valence-corrected chi connectivity index (χ1v) is 12.8. The molecule has 0 atom stereocenters. The maximum atomic E-state index is 13.0. The number of rotatable bonds is 7. The Balaban J connectivity index is 1.59. The molecule has 0 aliphatic heterocycles. The Morgan fingerprint density at radius 2 is 1.65 bits per heavy atom. The van der Waals surface area contributed by atoms with E-state index >= 15 is 0 Å². The number of nitrogens with one attached hydrogen (secondary N) is 1. The third-order valence-electron chi connectivity index (χ3n) is 5.76. The van der Waals surface area contributed by atoms with Crippen molar-refractivity contribution in [1.29, 1.82) is 0 Å². The highest BCUT2D eigenvalue weighted by molar-refractivity contribution is 7.92. The predicted molar refractivity (Wildman–Crippen MR) is 140 cm³/mol. The molecular weight excluding hydrogens is 518 g/mol. The summed E-state index contributed by atoms with van der Waals surface area (Å²) in [5.41, 5.74) is 2.37. The Kier molecular flexibility index (Phi) is 6.36. The summed E-state index contributed by atoms with van der Waals surface area (Å²) in [6, 6.07) is 19.7. The standard InChI is InChI=1S/C26H20ClN3O6S/c1-34-23-9-4-16(14-20(23)27)17-3-7-22(24(15-17)35-2)30-21-8-6-19(13-18(21)5-10-26(30)31)37(32,33)29-25-11-12-36-28-25/h3-15H,1-2H3,(H,28,29). The lowest BCUT2D eigenvalue weighted by Gasteiger charge is -2.16. The summed E-state index contributed by atoms with van der Waals surface area (Å²) in [5.74, 6) is 1.07. The van der Waals surface area contributed by atoms with E-state index in [2.05, 4.69) is 14.4 Å². The van der Waals surface area contributed by atoms with E-state index in [0.717, 1.165) is 11.1 Å². The summed E-state index contributed by atoms with van der Waals surface area (Å²) in [5, 5.41) is 4.59. The molecule has 5 aromatic rings. The third-order valence-corrected chi connectivity index (χ3v) is 7.41. The fourth-order valence-electron chi connectivity index (χ4n) is 3.99. The number of aromatic nitrogens is 2. The van der Waals surface area contributed by atoms with E-state index in [-0.39, 0.29) is 16.3 Å². The monoisotopic (exact) mass is 537 g/mol. The molecule has 2 heterocycles. The van der Waals surface area contributed by atoms with Gasteiger partial charge in [0.25, 0.3) is 15.6 Å². The number of hydrogen-bond acceptors (Lipinski definition) is 7. The van der Waals surface area contributed by atoms with E-state index in [1.807, 2.05) is 12.1 Å². The largest absolute Gasteiger partial charge is 0.495 e. The van der Waals surface area contributed by atoms with Gasteiger partial charge in [-0.2, -0.15) is 0 Å². The summed E-state index contributed by atoms with van der Waals surface area (Å²) in [6.45, 7) is 0. The van der Waals surface area contributed by atoms with E-state index in [1.54, 1.807) is 43.5 Å². The highest BCUT2D eigenvalue weighted by atomic mass is 35.5. The van der Waals surface area contributed by atoms with E-state index in [4.69, 9.17) is 21.1 Å². The van der Waals surface area contributed by atoms with Gasteiger partial charge in [0.15, 0.2) is 5.82 Å². The Morgan fingerprint density at radius 1 is 0.892 bits per heavy atom. The Hall–Kier alpha value is -4.28. The molecule has 1 N–H and O–H groups in total. The average molecular weight is 538 g/mol. The molecule has 0 bridgehead atoms. The number of sulfonamides is 1. The van der Waals surface area contributed by atoms with Gasteiger partial charge < -0.3 is 14.0 Å². The van der Waals surface area contributed by atoms with Gasteiger partial charge in [-0.25, -0.2) is 8.42 Å².